The van der Waals surface area contributed by atoms with Crippen LogP contribution in [0.15, 0.2) is 85.0 Å². The minimum atomic E-state index is 0.419. The molecule has 1 aliphatic rings. The molecule has 3 aromatic rings. The molecule has 1 aliphatic carbocycles. The smallest absolute Gasteiger partial charge is 0.0136 e. The molecule has 0 heteroatoms. The molecular formula is C21H16. The predicted octanol–water partition coefficient (Wildman–Crippen LogP) is 5.75. The van der Waals surface area contributed by atoms with Gasteiger partial charge in [-0.15, -0.1) is 0 Å². The molecule has 3 aromatic carbocycles. The van der Waals surface area contributed by atoms with Crippen molar-refractivity contribution in [2.45, 2.75) is 0 Å². The summed E-state index contributed by atoms with van der Waals surface area (Å²) in [4.78, 5) is 0. The highest BCUT2D eigenvalue weighted by Gasteiger charge is 2.05. The van der Waals surface area contributed by atoms with E-state index in [-0.39, 0.29) is 0 Å². The number of hydrogen-bond donors (Lipinski definition) is 0. The zero-order valence-corrected chi connectivity index (χ0v) is 11.7. The molecule has 0 spiro atoms. The summed E-state index contributed by atoms with van der Waals surface area (Å²) in [6, 6.07) is 19.5. The molecule has 0 fully saturated rings. The fraction of sp³-hybridized carbons (Fsp3) is 0.0476. The second-order valence-electron chi connectivity index (χ2n) is 5.44. The molecule has 0 aliphatic heterocycles. The average Bonchev–Trinajstić information content (AvgIpc) is 3.05. The number of rotatable bonds is 2. The Morgan fingerprint density at radius 3 is 1.90 bits per heavy atom. The molecule has 0 atom stereocenters. The molecule has 0 N–H and O–H groups in total. The Morgan fingerprint density at radius 1 is 0.714 bits per heavy atom. The number of fused-ring (bicyclic) bond motifs is 2. The molecule has 100 valence electrons. The Morgan fingerprint density at radius 2 is 1.29 bits per heavy atom. The van der Waals surface area contributed by atoms with E-state index in [1.54, 1.807) is 0 Å². The third-order valence-electron chi connectivity index (χ3n) is 4.08. The van der Waals surface area contributed by atoms with Gasteiger partial charge in [0.2, 0.25) is 0 Å². The van der Waals surface area contributed by atoms with Gasteiger partial charge in [0.15, 0.2) is 0 Å². The van der Waals surface area contributed by atoms with E-state index >= 15 is 0 Å². The van der Waals surface area contributed by atoms with Crippen LogP contribution >= 0.6 is 0 Å². The Bertz CT molecular complexity index is 828. The van der Waals surface area contributed by atoms with Crippen molar-refractivity contribution in [3.8, 4) is 0 Å². The number of allylic oxidation sites excluding steroid dienone is 5. The molecule has 4 rings (SSSR count). The van der Waals surface area contributed by atoms with Gasteiger partial charge in [-0.05, 0) is 33.2 Å². The predicted molar refractivity (Wildman–Crippen MR) is 92.3 cm³/mol. The maximum atomic E-state index is 2.28. The highest BCUT2D eigenvalue weighted by atomic mass is 14.1. The summed E-state index contributed by atoms with van der Waals surface area (Å²) in [5, 5.41) is 5.23. The zero-order chi connectivity index (χ0) is 14.1. The van der Waals surface area contributed by atoms with Crippen molar-refractivity contribution in [3.63, 3.8) is 0 Å². The van der Waals surface area contributed by atoms with E-state index in [9.17, 15) is 0 Å². The summed E-state index contributed by atoms with van der Waals surface area (Å²) in [6.45, 7) is 0. The van der Waals surface area contributed by atoms with Gasteiger partial charge in [-0.3, -0.25) is 0 Å². The second kappa shape index (κ2) is 5.06. The molecule has 0 radical (unpaired) electrons. The maximum absolute atomic E-state index is 2.28. The van der Waals surface area contributed by atoms with Crippen LogP contribution in [0.2, 0.25) is 0 Å². The van der Waals surface area contributed by atoms with Crippen LogP contribution in [-0.4, -0.2) is 0 Å². The maximum Gasteiger partial charge on any atom is 0.0136 e. The van der Waals surface area contributed by atoms with Gasteiger partial charge in [0.25, 0.3) is 0 Å². The van der Waals surface area contributed by atoms with E-state index < -0.39 is 0 Å². The van der Waals surface area contributed by atoms with E-state index in [2.05, 4.69) is 91.1 Å². The fourth-order valence-corrected chi connectivity index (χ4v) is 3.01. The summed E-state index contributed by atoms with van der Waals surface area (Å²) in [6.07, 6.45) is 13.2. The Labute approximate surface area is 124 Å². The summed E-state index contributed by atoms with van der Waals surface area (Å²) >= 11 is 0. The fourth-order valence-electron chi connectivity index (χ4n) is 3.01. The largest absolute Gasteiger partial charge is 0.0738 e. The van der Waals surface area contributed by atoms with Gasteiger partial charge < -0.3 is 0 Å². The molecule has 0 saturated heterocycles. The first-order valence-electron chi connectivity index (χ1n) is 7.35. The first-order chi connectivity index (χ1) is 10.4. The number of benzene rings is 3. The topological polar surface area (TPSA) is 0 Å². The first kappa shape index (κ1) is 12.2. The van der Waals surface area contributed by atoms with Crippen molar-refractivity contribution in [1.82, 2.24) is 0 Å². The highest BCUT2D eigenvalue weighted by molar-refractivity contribution is 6.06. The van der Waals surface area contributed by atoms with E-state index in [0.717, 1.165) is 0 Å². The van der Waals surface area contributed by atoms with Gasteiger partial charge in [-0.2, -0.15) is 0 Å². The van der Waals surface area contributed by atoms with Gasteiger partial charge in [0, 0.05) is 5.92 Å². The molecule has 0 amide bonds. The lowest BCUT2D eigenvalue weighted by Crippen LogP contribution is -1.85. The average molecular weight is 268 g/mol. The lowest BCUT2D eigenvalue weighted by atomic mass is 9.95. The van der Waals surface area contributed by atoms with E-state index in [1.165, 1.54) is 27.1 Å². The van der Waals surface area contributed by atoms with Crippen LogP contribution in [0.3, 0.4) is 0 Å². The lowest BCUT2D eigenvalue weighted by molar-refractivity contribution is 1.10. The SMILES string of the molecule is C1=CC(/C=C/c2c3ccccc3cc3ccccc23)C=C1. The molecule has 0 nitrogen and oxygen atoms in total. The van der Waals surface area contributed by atoms with Crippen molar-refractivity contribution < 1.29 is 0 Å². The van der Waals surface area contributed by atoms with Crippen LogP contribution < -0.4 is 0 Å². The van der Waals surface area contributed by atoms with E-state index in [1.807, 2.05) is 0 Å². The van der Waals surface area contributed by atoms with Crippen molar-refractivity contribution in [2.24, 2.45) is 5.92 Å². The zero-order valence-electron chi connectivity index (χ0n) is 11.7. The van der Waals surface area contributed by atoms with Gasteiger partial charge >= 0.3 is 0 Å². The third-order valence-corrected chi connectivity index (χ3v) is 4.08. The van der Waals surface area contributed by atoms with Gasteiger partial charge in [-0.25, -0.2) is 0 Å². The van der Waals surface area contributed by atoms with Crippen LogP contribution in [0.1, 0.15) is 5.56 Å². The molecule has 0 saturated carbocycles. The van der Waals surface area contributed by atoms with E-state index in [4.69, 9.17) is 0 Å². The molecule has 0 aromatic heterocycles. The van der Waals surface area contributed by atoms with Crippen molar-refractivity contribution >= 4 is 27.6 Å². The minimum Gasteiger partial charge on any atom is -0.0738 e. The highest BCUT2D eigenvalue weighted by Crippen LogP contribution is 2.30. The standard InChI is InChI=1S/C21H16/c1-2-8-16(7-1)13-14-21-19-11-5-3-9-17(19)15-18-10-4-6-12-20(18)21/h1-16H/b14-13+. The molecular weight excluding hydrogens is 252 g/mol. The first-order valence-corrected chi connectivity index (χ1v) is 7.35. The van der Waals surface area contributed by atoms with Crippen LogP contribution in [0.5, 0.6) is 0 Å². The van der Waals surface area contributed by atoms with Crippen LogP contribution in [0.25, 0.3) is 27.6 Å². The molecule has 0 unspecified atom stereocenters. The number of hydrogen-bond acceptors (Lipinski definition) is 0. The van der Waals surface area contributed by atoms with Crippen LogP contribution in [-0.2, 0) is 0 Å². The quantitative estimate of drug-likeness (QED) is 0.519. The Balaban J connectivity index is 1.97. The normalized spacial score (nSPS) is 14.9. The van der Waals surface area contributed by atoms with Gasteiger partial charge in [0.05, 0.1) is 0 Å². The molecule has 0 heterocycles. The molecule has 21 heavy (non-hydrogen) atoms. The summed E-state index contributed by atoms with van der Waals surface area (Å²) in [5.41, 5.74) is 1.32. The lowest BCUT2D eigenvalue weighted by Gasteiger charge is -2.08. The van der Waals surface area contributed by atoms with Crippen molar-refractivity contribution in [2.75, 3.05) is 0 Å². The minimum absolute atomic E-state index is 0.419. The van der Waals surface area contributed by atoms with Gasteiger partial charge in [-0.1, -0.05) is 85.0 Å². The second-order valence-corrected chi connectivity index (χ2v) is 5.44. The summed E-state index contributed by atoms with van der Waals surface area (Å²) in [7, 11) is 0. The summed E-state index contributed by atoms with van der Waals surface area (Å²) in [5.74, 6) is 0.419. The third kappa shape index (κ3) is 2.19. The van der Waals surface area contributed by atoms with Crippen molar-refractivity contribution in [1.29, 1.82) is 0 Å². The van der Waals surface area contributed by atoms with Crippen molar-refractivity contribution in [3.05, 3.63) is 90.5 Å². The van der Waals surface area contributed by atoms with Gasteiger partial charge in [0.1, 0.15) is 0 Å². The Kier molecular flexibility index (Phi) is 2.93. The van der Waals surface area contributed by atoms with E-state index in [0.29, 0.717) is 5.92 Å². The monoisotopic (exact) mass is 268 g/mol. The summed E-state index contributed by atoms with van der Waals surface area (Å²) < 4.78 is 0. The van der Waals surface area contributed by atoms with Crippen LogP contribution in [0, 0.1) is 5.92 Å². The Hall–Kier alpha value is -2.60. The van der Waals surface area contributed by atoms with Crippen LogP contribution in [0.4, 0.5) is 0 Å². The molecule has 0 bridgehead atoms.